The highest BCUT2D eigenvalue weighted by Crippen LogP contribution is 2.30. The van der Waals surface area contributed by atoms with Crippen molar-refractivity contribution in [3.05, 3.63) is 35.4 Å². The van der Waals surface area contributed by atoms with Gasteiger partial charge in [-0.3, -0.25) is 10.1 Å². The van der Waals surface area contributed by atoms with E-state index in [1.54, 1.807) is 0 Å². The van der Waals surface area contributed by atoms with E-state index in [4.69, 9.17) is 6.42 Å². The first-order valence-electron chi connectivity index (χ1n) is 4.62. The second-order valence-corrected chi connectivity index (χ2v) is 3.35. The van der Waals surface area contributed by atoms with Crippen LogP contribution in [0.2, 0.25) is 0 Å². The SMILES string of the molecule is C#CCN[C@@H]1CC(=O)c2ccccc21. The fourth-order valence-corrected chi connectivity index (χ4v) is 1.82. The molecule has 0 spiro atoms. The summed E-state index contributed by atoms with van der Waals surface area (Å²) >= 11 is 0. The lowest BCUT2D eigenvalue weighted by atomic mass is 10.1. The maximum atomic E-state index is 11.5. The molecule has 0 fully saturated rings. The Morgan fingerprint density at radius 3 is 3.07 bits per heavy atom. The normalized spacial score (nSPS) is 19.1. The van der Waals surface area contributed by atoms with Gasteiger partial charge >= 0.3 is 0 Å². The molecule has 70 valence electrons. The molecular weight excluding hydrogens is 174 g/mol. The Bertz CT molecular complexity index is 403. The lowest BCUT2D eigenvalue weighted by molar-refractivity contribution is 0.0986. The smallest absolute Gasteiger partial charge is 0.165 e. The zero-order chi connectivity index (χ0) is 9.97. The van der Waals surface area contributed by atoms with Gasteiger partial charge in [0.05, 0.1) is 6.54 Å². The molecule has 2 rings (SSSR count). The van der Waals surface area contributed by atoms with Crippen LogP contribution in [0.5, 0.6) is 0 Å². The van der Waals surface area contributed by atoms with Gasteiger partial charge in [0.1, 0.15) is 0 Å². The molecule has 1 aromatic rings. The van der Waals surface area contributed by atoms with Crippen LogP contribution in [0.4, 0.5) is 0 Å². The average molecular weight is 185 g/mol. The summed E-state index contributed by atoms with van der Waals surface area (Å²) in [6.07, 6.45) is 5.69. The van der Waals surface area contributed by atoms with Crippen LogP contribution in [-0.2, 0) is 0 Å². The maximum absolute atomic E-state index is 11.5. The number of nitrogens with one attached hydrogen (secondary N) is 1. The van der Waals surface area contributed by atoms with Crippen molar-refractivity contribution in [2.45, 2.75) is 12.5 Å². The van der Waals surface area contributed by atoms with Crippen LogP contribution in [-0.4, -0.2) is 12.3 Å². The second-order valence-electron chi connectivity index (χ2n) is 3.35. The molecule has 0 saturated carbocycles. The fraction of sp³-hybridized carbons (Fsp3) is 0.250. The largest absolute Gasteiger partial charge is 0.299 e. The van der Waals surface area contributed by atoms with Crippen LogP contribution in [0.15, 0.2) is 24.3 Å². The molecule has 2 nitrogen and oxygen atoms in total. The lowest BCUT2D eigenvalue weighted by Crippen LogP contribution is -2.19. The number of hydrogen-bond donors (Lipinski definition) is 1. The minimum absolute atomic E-state index is 0.106. The Kier molecular flexibility index (Phi) is 2.34. The van der Waals surface area contributed by atoms with Gasteiger partial charge < -0.3 is 0 Å². The van der Waals surface area contributed by atoms with E-state index >= 15 is 0 Å². The third kappa shape index (κ3) is 1.43. The van der Waals surface area contributed by atoms with E-state index in [0.29, 0.717) is 13.0 Å². The summed E-state index contributed by atoms with van der Waals surface area (Å²) in [5.41, 5.74) is 1.91. The molecule has 1 aliphatic carbocycles. The zero-order valence-electron chi connectivity index (χ0n) is 7.79. The van der Waals surface area contributed by atoms with Gasteiger partial charge in [0.2, 0.25) is 0 Å². The Balaban J connectivity index is 2.26. The van der Waals surface area contributed by atoms with E-state index in [1.165, 1.54) is 0 Å². The van der Waals surface area contributed by atoms with E-state index in [9.17, 15) is 4.79 Å². The minimum atomic E-state index is 0.106. The number of carbonyl (C=O) groups is 1. The molecular formula is C12H11NO. The molecule has 0 aliphatic heterocycles. The summed E-state index contributed by atoms with van der Waals surface area (Å²) < 4.78 is 0. The van der Waals surface area contributed by atoms with Gasteiger partial charge in [0, 0.05) is 18.0 Å². The molecule has 0 unspecified atom stereocenters. The molecule has 1 aromatic carbocycles. The number of rotatable bonds is 2. The molecule has 0 radical (unpaired) electrons. The van der Waals surface area contributed by atoms with E-state index in [2.05, 4.69) is 11.2 Å². The van der Waals surface area contributed by atoms with Crippen LogP contribution >= 0.6 is 0 Å². The van der Waals surface area contributed by atoms with Crippen molar-refractivity contribution in [2.75, 3.05) is 6.54 Å². The van der Waals surface area contributed by atoms with Crippen molar-refractivity contribution in [2.24, 2.45) is 0 Å². The Morgan fingerprint density at radius 2 is 2.29 bits per heavy atom. The molecule has 0 aromatic heterocycles. The summed E-state index contributed by atoms with van der Waals surface area (Å²) in [6.45, 7) is 0.506. The van der Waals surface area contributed by atoms with Crippen molar-refractivity contribution in [3.63, 3.8) is 0 Å². The molecule has 1 aliphatic rings. The monoisotopic (exact) mass is 185 g/mol. The molecule has 14 heavy (non-hydrogen) atoms. The highest BCUT2D eigenvalue weighted by Gasteiger charge is 2.27. The van der Waals surface area contributed by atoms with E-state index in [0.717, 1.165) is 11.1 Å². The van der Waals surface area contributed by atoms with Gasteiger partial charge in [-0.1, -0.05) is 30.2 Å². The predicted molar refractivity (Wildman–Crippen MR) is 55.0 cm³/mol. The number of carbonyl (C=O) groups excluding carboxylic acids is 1. The summed E-state index contributed by atoms with van der Waals surface area (Å²) in [6, 6.07) is 7.79. The molecule has 0 bridgehead atoms. The Labute approximate surface area is 83.3 Å². The summed E-state index contributed by atoms with van der Waals surface area (Å²) in [4.78, 5) is 11.5. The first kappa shape index (κ1) is 8.98. The number of ketones is 1. The second kappa shape index (κ2) is 3.65. The van der Waals surface area contributed by atoms with E-state index in [1.807, 2.05) is 24.3 Å². The molecule has 0 saturated heterocycles. The highest BCUT2D eigenvalue weighted by molar-refractivity contribution is 6.01. The van der Waals surface area contributed by atoms with Crippen LogP contribution < -0.4 is 5.32 Å². The topological polar surface area (TPSA) is 29.1 Å². The number of hydrogen-bond acceptors (Lipinski definition) is 2. The fourth-order valence-electron chi connectivity index (χ4n) is 1.82. The lowest BCUT2D eigenvalue weighted by Gasteiger charge is -2.09. The summed E-state index contributed by atoms with van der Waals surface area (Å²) in [5, 5.41) is 3.16. The van der Waals surface area contributed by atoms with Gasteiger partial charge in [-0.05, 0) is 5.56 Å². The Morgan fingerprint density at radius 1 is 1.50 bits per heavy atom. The molecule has 1 N–H and O–H groups in total. The van der Waals surface area contributed by atoms with Crippen LogP contribution in [0.1, 0.15) is 28.4 Å². The van der Waals surface area contributed by atoms with Crippen LogP contribution in [0, 0.1) is 12.3 Å². The number of benzene rings is 1. The molecule has 0 heterocycles. The number of Topliss-reactive ketones (excluding diaryl/α,β-unsaturated/α-hetero) is 1. The third-order valence-corrected chi connectivity index (χ3v) is 2.48. The standard InChI is InChI=1S/C12H11NO/c1-2-7-13-11-8-12(14)10-6-4-3-5-9(10)11/h1,3-6,11,13H,7-8H2/t11-/m1/s1. The molecule has 1 atom stereocenters. The van der Waals surface area contributed by atoms with E-state index < -0.39 is 0 Å². The average Bonchev–Trinajstić information content (AvgIpc) is 2.54. The summed E-state index contributed by atoms with van der Waals surface area (Å²) in [5.74, 6) is 2.72. The van der Waals surface area contributed by atoms with Crippen molar-refractivity contribution >= 4 is 5.78 Å². The number of fused-ring (bicyclic) bond motifs is 1. The first-order valence-corrected chi connectivity index (χ1v) is 4.62. The maximum Gasteiger partial charge on any atom is 0.165 e. The van der Waals surface area contributed by atoms with Gasteiger partial charge in [-0.2, -0.15) is 0 Å². The van der Waals surface area contributed by atoms with Gasteiger partial charge in [-0.25, -0.2) is 0 Å². The van der Waals surface area contributed by atoms with Crippen molar-refractivity contribution in [1.82, 2.24) is 5.32 Å². The zero-order valence-corrected chi connectivity index (χ0v) is 7.79. The quantitative estimate of drug-likeness (QED) is 0.708. The van der Waals surface area contributed by atoms with E-state index in [-0.39, 0.29) is 11.8 Å². The molecule has 0 amide bonds. The van der Waals surface area contributed by atoms with Gasteiger partial charge in [0.15, 0.2) is 5.78 Å². The van der Waals surface area contributed by atoms with Gasteiger partial charge in [0.25, 0.3) is 0 Å². The van der Waals surface area contributed by atoms with Crippen LogP contribution in [0.25, 0.3) is 0 Å². The molecule has 2 heteroatoms. The number of terminal acetylenes is 1. The Hall–Kier alpha value is -1.59. The van der Waals surface area contributed by atoms with Crippen molar-refractivity contribution in [3.8, 4) is 12.3 Å². The van der Waals surface area contributed by atoms with Gasteiger partial charge in [-0.15, -0.1) is 6.42 Å². The summed E-state index contributed by atoms with van der Waals surface area (Å²) in [7, 11) is 0. The first-order chi connectivity index (χ1) is 6.83. The highest BCUT2D eigenvalue weighted by atomic mass is 16.1. The minimum Gasteiger partial charge on any atom is -0.299 e. The van der Waals surface area contributed by atoms with Crippen molar-refractivity contribution < 1.29 is 4.79 Å². The van der Waals surface area contributed by atoms with Crippen LogP contribution in [0.3, 0.4) is 0 Å². The predicted octanol–water partition coefficient (Wildman–Crippen LogP) is 1.54. The third-order valence-electron chi connectivity index (χ3n) is 2.48. The van der Waals surface area contributed by atoms with Crippen molar-refractivity contribution in [1.29, 1.82) is 0 Å².